The molecule has 0 spiro atoms. The lowest BCUT2D eigenvalue weighted by atomic mass is 9.75. The normalized spacial score (nSPS) is 32.0. The van der Waals surface area contributed by atoms with Gasteiger partial charge in [0.25, 0.3) is 0 Å². The molecule has 2 amide bonds. The van der Waals surface area contributed by atoms with Crippen molar-refractivity contribution in [2.24, 2.45) is 5.92 Å². The van der Waals surface area contributed by atoms with Crippen LogP contribution in [0.2, 0.25) is 0 Å². The van der Waals surface area contributed by atoms with Gasteiger partial charge < -0.3 is 15.3 Å². The molecular weight excluding hydrogens is 268 g/mol. The topological polar surface area (TPSA) is 69.6 Å². The number of carbonyl (C=O) groups is 2. The van der Waals surface area contributed by atoms with E-state index in [4.69, 9.17) is 0 Å². The van der Waals surface area contributed by atoms with Crippen molar-refractivity contribution < 1.29 is 14.7 Å². The van der Waals surface area contributed by atoms with E-state index in [9.17, 15) is 14.7 Å². The monoisotopic (exact) mass is 296 g/mol. The third-order valence-electron chi connectivity index (χ3n) is 5.44. The van der Waals surface area contributed by atoms with Crippen LogP contribution < -0.4 is 5.32 Å². The van der Waals surface area contributed by atoms with Gasteiger partial charge in [-0.1, -0.05) is 13.3 Å². The maximum absolute atomic E-state index is 12.5. The Morgan fingerprint density at radius 3 is 2.29 bits per heavy atom. The van der Waals surface area contributed by atoms with Crippen LogP contribution in [-0.2, 0) is 4.79 Å². The summed E-state index contributed by atoms with van der Waals surface area (Å²) in [4.78, 5) is 26.1. The second-order valence-corrected chi connectivity index (χ2v) is 7.24. The van der Waals surface area contributed by atoms with Gasteiger partial charge in [0.15, 0.2) is 0 Å². The van der Waals surface area contributed by atoms with Crippen LogP contribution >= 0.6 is 0 Å². The molecule has 0 unspecified atom stereocenters. The number of carbonyl (C=O) groups excluding carboxylic acids is 1. The van der Waals surface area contributed by atoms with E-state index in [2.05, 4.69) is 12.2 Å². The van der Waals surface area contributed by atoms with Gasteiger partial charge >= 0.3 is 12.0 Å². The van der Waals surface area contributed by atoms with Crippen LogP contribution in [-0.4, -0.2) is 39.6 Å². The Labute approximate surface area is 127 Å². The molecule has 2 rings (SSSR count). The molecular formula is C16H28N2O3. The highest BCUT2D eigenvalue weighted by Crippen LogP contribution is 2.35. The first kappa shape index (κ1) is 16.1. The van der Waals surface area contributed by atoms with Gasteiger partial charge in [0.05, 0.1) is 0 Å². The molecule has 1 aliphatic carbocycles. The van der Waals surface area contributed by atoms with Crippen LogP contribution in [0.1, 0.15) is 65.7 Å². The molecule has 0 aromatic carbocycles. The molecule has 120 valence electrons. The summed E-state index contributed by atoms with van der Waals surface area (Å²) in [5, 5.41) is 12.5. The summed E-state index contributed by atoms with van der Waals surface area (Å²) in [6, 6.07) is -0.213. The number of likely N-dealkylation sites (tertiary alicyclic amines) is 1. The second-order valence-electron chi connectivity index (χ2n) is 7.24. The minimum atomic E-state index is -1.07. The average Bonchev–Trinajstić information content (AvgIpc) is 2.79. The largest absolute Gasteiger partial charge is 0.480 e. The predicted octanol–water partition coefficient (Wildman–Crippen LogP) is 2.99. The number of carboxylic acid groups (broad SMARTS) is 1. The van der Waals surface area contributed by atoms with Gasteiger partial charge in [-0.05, 0) is 58.3 Å². The van der Waals surface area contributed by atoms with Gasteiger partial charge in [-0.3, -0.25) is 0 Å². The molecule has 0 aromatic rings. The molecule has 5 heteroatoms. The number of nitrogens with zero attached hydrogens (tertiary/aromatic N) is 1. The van der Waals surface area contributed by atoms with E-state index in [-0.39, 0.29) is 11.6 Å². The highest BCUT2D eigenvalue weighted by atomic mass is 16.4. The quantitative estimate of drug-likeness (QED) is 0.841. The highest BCUT2D eigenvalue weighted by Gasteiger charge is 2.45. The van der Waals surface area contributed by atoms with Crippen molar-refractivity contribution in [3.8, 4) is 0 Å². The maximum atomic E-state index is 12.5. The lowest BCUT2D eigenvalue weighted by Gasteiger charge is -2.40. The summed E-state index contributed by atoms with van der Waals surface area (Å²) in [7, 11) is 0. The zero-order chi connectivity index (χ0) is 15.7. The fraction of sp³-hybridized carbons (Fsp3) is 0.875. The standard InChI is InChI=1S/C16H28N2O3/c1-4-12-6-9-16(10-7-12,13(19)20)17-14(21)18-11-5-8-15(18,2)3/h12H,4-11H2,1-3H3,(H,17,21)(H,19,20). The fourth-order valence-electron chi connectivity index (χ4n) is 3.73. The first-order valence-electron chi connectivity index (χ1n) is 8.14. The van der Waals surface area contributed by atoms with Crippen molar-refractivity contribution in [3.05, 3.63) is 0 Å². The van der Waals surface area contributed by atoms with E-state index in [1.54, 1.807) is 4.90 Å². The number of hydrogen-bond donors (Lipinski definition) is 2. The van der Waals surface area contributed by atoms with Crippen LogP contribution in [0.25, 0.3) is 0 Å². The van der Waals surface area contributed by atoms with Crippen molar-refractivity contribution in [2.75, 3.05) is 6.54 Å². The van der Waals surface area contributed by atoms with Crippen LogP contribution in [0.15, 0.2) is 0 Å². The Morgan fingerprint density at radius 1 is 1.24 bits per heavy atom. The lowest BCUT2D eigenvalue weighted by molar-refractivity contribution is -0.146. The second kappa shape index (κ2) is 5.85. The summed E-state index contributed by atoms with van der Waals surface area (Å²) >= 11 is 0. The number of nitrogens with one attached hydrogen (secondary N) is 1. The zero-order valence-corrected chi connectivity index (χ0v) is 13.4. The highest BCUT2D eigenvalue weighted by molar-refractivity contribution is 5.86. The molecule has 1 saturated carbocycles. The predicted molar refractivity (Wildman–Crippen MR) is 81.2 cm³/mol. The van der Waals surface area contributed by atoms with Gasteiger partial charge in [-0.25, -0.2) is 9.59 Å². The average molecular weight is 296 g/mol. The number of hydrogen-bond acceptors (Lipinski definition) is 2. The van der Waals surface area contributed by atoms with Crippen molar-refractivity contribution in [1.29, 1.82) is 0 Å². The summed E-state index contributed by atoms with van der Waals surface area (Å²) in [5.41, 5.74) is -1.24. The van der Waals surface area contributed by atoms with Crippen molar-refractivity contribution in [3.63, 3.8) is 0 Å². The maximum Gasteiger partial charge on any atom is 0.329 e. The Hall–Kier alpha value is -1.26. The molecule has 0 radical (unpaired) electrons. The van der Waals surface area contributed by atoms with E-state index in [1.807, 2.05) is 13.8 Å². The summed E-state index contributed by atoms with van der Waals surface area (Å²) < 4.78 is 0. The van der Waals surface area contributed by atoms with Gasteiger partial charge in [0.1, 0.15) is 5.54 Å². The molecule has 1 saturated heterocycles. The summed E-state index contributed by atoms with van der Waals surface area (Å²) in [6.45, 7) is 6.94. The number of carboxylic acids is 1. The van der Waals surface area contributed by atoms with Crippen molar-refractivity contribution in [2.45, 2.75) is 76.8 Å². The number of rotatable bonds is 3. The summed E-state index contributed by atoms with van der Waals surface area (Å²) in [6.07, 6.45) is 5.89. The number of amides is 2. The lowest BCUT2D eigenvalue weighted by Crippen LogP contribution is -2.61. The smallest absolute Gasteiger partial charge is 0.329 e. The molecule has 5 nitrogen and oxygen atoms in total. The number of urea groups is 1. The molecule has 21 heavy (non-hydrogen) atoms. The summed E-state index contributed by atoms with van der Waals surface area (Å²) in [5.74, 6) is -0.292. The molecule has 2 N–H and O–H groups in total. The van der Waals surface area contributed by atoms with Crippen molar-refractivity contribution in [1.82, 2.24) is 10.2 Å². The van der Waals surface area contributed by atoms with Gasteiger partial charge in [0, 0.05) is 12.1 Å². The molecule has 0 aromatic heterocycles. The molecule has 0 atom stereocenters. The first-order chi connectivity index (χ1) is 9.81. The van der Waals surface area contributed by atoms with Gasteiger partial charge in [-0.2, -0.15) is 0 Å². The third kappa shape index (κ3) is 3.16. The molecule has 2 fully saturated rings. The van der Waals surface area contributed by atoms with E-state index >= 15 is 0 Å². The van der Waals surface area contributed by atoms with Gasteiger partial charge in [-0.15, -0.1) is 0 Å². The van der Waals surface area contributed by atoms with E-state index in [0.29, 0.717) is 25.3 Å². The van der Waals surface area contributed by atoms with Crippen LogP contribution in [0.3, 0.4) is 0 Å². The van der Waals surface area contributed by atoms with E-state index in [0.717, 1.165) is 32.1 Å². The van der Waals surface area contributed by atoms with E-state index in [1.165, 1.54) is 0 Å². The Kier molecular flexibility index (Phi) is 4.49. The van der Waals surface area contributed by atoms with Crippen LogP contribution in [0.4, 0.5) is 4.79 Å². The molecule has 0 bridgehead atoms. The molecule has 1 heterocycles. The first-order valence-corrected chi connectivity index (χ1v) is 8.14. The Balaban J connectivity index is 2.07. The Bertz CT molecular complexity index is 412. The minimum Gasteiger partial charge on any atom is -0.480 e. The molecule has 2 aliphatic rings. The Morgan fingerprint density at radius 2 is 1.86 bits per heavy atom. The van der Waals surface area contributed by atoms with Gasteiger partial charge in [0.2, 0.25) is 0 Å². The zero-order valence-electron chi connectivity index (χ0n) is 13.4. The van der Waals surface area contributed by atoms with E-state index < -0.39 is 11.5 Å². The van der Waals surface area contributed by atoms with Crippen LogP contribution in [0.5, 0.6) is 0 Å². The minimum absolute atomic E-state index is 0.176. The third-order valence-corrected chi connectivity index (χ3v) is 5.44. The molecule has 1 aliphatic heterocycles. The van der Waals surface area contributed by atoms with Crippen LogP contribution in [0, 0.1) is 5.92 Å². The fourth-order valence-corrected chi connectivity index (χ4v) is 3.73. The SMILES string of the molecule is CCC1CCC(NC(=O)N2CCCC2(C)C)(C(=O)O)CC1. The van der Waals surface area contributed by atoms with Crippen molar-refractivity contribution >= 4 is 12.0 Å². The number of aliphatic carboxylic acids is 1.